The fraction of sp³-hybridized carbons (Fsp3) is 0.154. The van der Waals surface area contributed by atoms with E-state index in [1.807, 2.05) is 12.1 Å². The zero-order valence-electron chi connectivity index (χ0n) is 9.33. The lowest BCUT2D eigenvalue weighted by molar-refractivity contribution is 1.19. The van der Waals surface area contributed by atoms with Gasteiger partial charge in [0.15, 0.2) is 0 Å². The van der Waals surface area contributed by atoms with Crippen LogP contribution in [0.4, 0.5) is 5.69 Å². The molecule has 4 heteroatoms. The van der Waals surface area contributed by atoms with Crippen LogP contribution in [0.2, 0.25) is 5.02 Å². The van der Waals surface area contributed by atoms with Gasteiger partial charge in [-0.1, -0.05) is 11.6 Å². The largest absolute Gasteiger partial charge is 0.380 e. The van der Waals surface area contributed by atoms with E-state index in [4.69, 9.17) is 16.9 Å². The Balaban J connectivity index is 2.05. The predicted octanol–water partition coefficient (Wildman–Crippen LogP) is 4.19. The van der Waals surface area contributed by atoms with E-state index in [0.717, 1.165) is 12.2 Å². The first-order valence-corrected chi connectivity index (χ1v) is 6.37. The molecule has 1 aromatic carbocycles. The molecule has 2 nitrogen and oxygen atoms in total. The normalized spacial score (nSPS) is 9.94. The summed E-state index contributed by atoms with van der Waals surface area (Å²) in [6.07, 6.45) is 0. The summed E-state index contributed by atoms with van der Waals surface area (Å²) in [4.78, 5) is 2.59. The summed E-state index contributed by atoms with van der Waals surface area (Å²) in [6.45, 7) is 2.87. The average Bonchev–Trinajstić information content (AvgIpc) is 2.73. The number of hydrogen-bond acceptors (Lipinski definition) is 3. The third kappa shape index (κ3) is 3.00. The summed E-state index contributed by atoms with van der Waals surface area (Å²) in [5.41, 5.74) is 1.43. The number of nitrogens with one attached hydrogen (secondary N) is 1. The molecule has 1 aromatic heterocycles. The van der Waals surface area contributed by atoms with Crippen molar-refractivity contribution in [3.05, 3.63) is 50.7 Å². The molecule has 17 heavy (non-hydrogen) atoms. The summed E-state index contributed by atoms with van der Waals surface area (Å²) in [5.74, 6) is 0. The highest BCUT2D eigenvalue weighted by atomic mass is 35.5. The van der Waals surface area contributed by atoms with E-state index in [-0.39, 0.29) is 0 Å². The van der Waals surface area contributed by atoms with Crippen molar-refractivity contribution in [2.75, 3.05) is 5.32 Å². The predicted molar refractivity (Wildman–Crippen MR) is 72.5 cm³/mol. The number of anilines is 1. The number of benzene rings is 1. The molecule has 0 aliphatic heterocycles. The van der Waals surface area contributed by atoms with Gasteiger partial charge in [0.25, 0.3) is 0 Å². The van der Waals surface area contributed by atoms with Gasteiger partial charge in [-0.05, 0) is 37.3 Å². The topological polar surface area (TPSA) is 35.8 Å². The number of aryl methyl sites for hydroxylation is 1. The second kappa shape index (κ2) is 5.22. The fourth-order valence-corrected chi connectivity index (χ4v) is 2.54. The van der Waals surface area contributed by atoms with Crippen molar-refractivity contribution in [3.63, 3.8) is 0 Å². The van der Waals surface area contributed by atoms with Gasteiger partial charge in [0.2, 0.25) is 0 Å². The molecule has 86 valence electrons. The first-order valence-electron chi connectivity index (χ1n) is 5.18. The van der Waals surface area contributed by atoms with Crippen LogP contribution in [0.15, 0.2) is 30.3 Å². The molecule has 2 aromatic rings. The van der Waals surface area contributed by atoms with Crippen molar-refractivity contribution in [1.82, 2.24) is 0 Å². The van der Waals surface area contributed by atoms with Gasteiger partial charge in [-0.15, -0.1) is 11.3 Å². The van der Waals surface area contributed by atoms with Gasteiger partial charge in [-0.2, -0.15) is 5.26 Å². The smallest absolute Gasteiger partial charge is 0.101 e. The molecule has 0 atom stereocenters. The van der Waals surface area contributed by atoms with Crippen LogP contribution in [0.1, 0.15) is 15.3 Å². The van der Waals surface area contributed by atoms with E-state index < -0.39 is 0 Å². The standard InChI is InChI=1S/C13H11ClN2S/c1-9-2-5-12(17-9)8-16-11-4-3-10(7-15)13(14)6-11/h2-6,16H,8H2,1H3. The fourth-order valence-electron chi connectivity index (χ4n) is 1.49. The highest BCUT2D eigenvalue weighted by Gasteiger charge is 2.01. The summed E-state index contributed by atoms with van der Waals surface area (Å²) >= 11 is 7.73. The van der Waals surface area contributed by atoms with Gasteiger partial charge in [0.1, 0.15) is 6.07 Å². The quantitative estimate of drug-likeness (QED) is 0.900. The van der Waals surface area contributed by atoms with Crippen LogP contribution in [0.5, 0.6) is 0 Å². The van der Waals surface area contributed by atoms with E-state index in [9.17, 15) is 0 Å². The molecule has 0 saturated heterocycles. The third-order valence-corrected chi connectivity index (χ3v) is 3.67. The molecular formula is C13H11ClN2S. The molecule has 0 amide bonds. The number of halogens is 1. The Bertz CT molecular complexity index is 569. The Labute approximate surface area is 109 Å². The second-order valence-corrected chi connectivity index (χ2v) is 5.45. The molecule has 1 N–H and O–H groups in total. The van der Waals surface area contributed by atoms with Crippen molar-refractivity contribution in [2.24, 2.45) is 0 Å². The SMILES string of the molecule is Cc1ccc(CNc2ccc(C#N)c(Cl)c2)s1. The molecule has 0 unspecified atom stereocenters. The Morgan fingerprint density at radius 3 is 2.76 bits per heavy atom. The second-order valence-electron chi connectivity index (χ2n) is 3.67. The first-order chi connectivity index (χ1) is 8.19. The Morgan fingerprint density at radius 2 is 2.18 bits per heavy atom. The Kier molecular flexibility index (Phi) is 3.68. The highest BCUT2D eigenvalue weighted by Crippen LogP contribution is 2.22. The Morgan fingerprint density at radius 1 is 1.35 bits per heavy atom. The number of hydrogen-bond donors (Lipinski definition) is 1. The number of rotatable bonds is 3. The lowest BCUT2D eigenvalue weighted by Gasteiger charge is -2.05. The van der Waals surface area contributed by atoms with Crippen LogP contribution in [0.25, 0.3) is 0 Å². The van der Waals surface area contributed by atoms with Crippen molar-refractivity contribution >= 4 is 28.6 Å². The van der Waals surface area contributed by atoms with Crippen LogP contribution in [-0.4, -0.2) is 0 Å². The van der Waals surface area contributed by atoms with Crippen molar-refractivity contribution in [2.45, 2.75) is 13.5 Å². The molecule has 0 fully saturated rings. The average molecular weight is 263 g/mol. The van der Waals surface area contributed by atoms with Crippen LogP contribution in [0, 0.1) is 18.3 Å². The van der Waals surface area contributed by atoms with Gasteiger partial charge >= 0.3 is 0 Å². The summed E-state index contributed by atoms with van der Waals surface area (Å²) < 4.78 is 0. The number of thiophene rings is 1. The van der Waals surface area contributed by atoms with Gasteiger partial charge in [-0.25, -0.2) is 0 Å². The van der Waals surface area contributed by atoms with Gasteiger partial charge < -0.3 is 5.32 Å². The molecule has 0 radical (unpaired) electrons. The molecule has 0 aliphatic carbocycles. The minimum absolute atomic E-state index is 0.486. The zero-order valence-corrected chi connectivity index (χ0v) is 10.9. The van der Waals surface area contributed by atoms with Crippen LogP contribution >= 0.6 is 22.9 Å². The highest BCUT2D eigenvalue weighted by molar-refractivity contribution is 7.11. The Hall–Kier alpha value is -1.50. The zero-order chi connectivity index (χ0) is 12.3. The molecule has 2 rings (SSSR count). The summed E-state index contributed by atoms with van der Waals surface area (Å²) in [6, 6.07) is 11.6. The molecule has 0 aliphatic rings. The maximum Gasteiger partial charge on any atom is 0.101 e. The maximum atomic E-state index is 8.77. The lowest BCUT2D eigenvalue weighted by Crippen LogP contribution is -1.97. The van der Waals surface area contributed by atoms with Gasteiger partial charge in [-0.3, -0.25) is 0 Å². The molecule has 1 heterocycles. The minimum atomic E-state index is 0.486. The monoisotopic (exact) mass is 262 g/mol. The van der Waals surface area contributed by atoms with Gasteiger partial charge in [0, 0.05) is 22.0 Å². The van der Waals surface area contributed by atoms with Crippen LogP contribution in [-0.2, 0) is 6.54 Å². The minimum Gasteiger partial charge on any atom is -0.380 e. The first kappa shape index (κ1) is 12.0. The number of nitriles is 1. The van der Waals surface area contributed by atoms with Crippen molar-refractivity contribution in [1.29, 1.82) is 5.26 Å². The molecule has 0 saturated carbocycles. The van der Waals surface area contributed by atoms with E-state index >= 15 is 0 Å². The van der Waals surface area contributed by atoms with Crippen LogP contribution in [0.3, 0.4) is 0 Å². The summed E-state index contributed by atoms with van der Waals surface area (Å²) in [5, 5.41) is 12.5. The molecular weight excluding hydrogens is 252 g/mol. The van der Waals surface area contributed by atoms with E-state index in [1.165, 1.54) is 9.75 Å². The van der Waals surface area contributed by atoms with Crippen molar-refractivity contribution in [3.8, 4) is 6.07 Å². The maximum absolute atomic E-state index is 8.77. The molecule has 0 bridgehead atoms. The van der Waals surface area contributed by atoms with E-state index in [1.54, 1.807) is 23.5 Å². The van der Waals surface area contributed by atoms with E-state index in [0.29, 0.717) is 10.6 Å². The lowest BCUT2D eigenvalue weighted by atomic mass is 10.2. The van der Waals surface area contributed by atoms with E-state index in [2.05, 4.69) is 24.4 Å². The van der Waals surface area contributed by atoms with Gasteiger partial charge in [0.05, 0.1) is 10.6 Å². The number of nitrogens with zero attached hydrogens (tertiary/aromatic N) is 1. The summed E-state index contributed by atoms with van der Waals surface area (Å²) in [7, 11) is 0. The third-order valence-electron chi connectivity index (χ3n) is 2.35. The molecule has 0 spiro atoms. The van der Waals surface area contributed by atoms with Crippen LogP contribution < -0.4 is 5.32 Å². The van der Waals surface area contributed by atoms with Crippen molar-refractivity contribution < 1.29 is 0 Å².